The number of esters is 1. The minimum absolute atomic E-state index is 0.00291. The molecule has 1 aromatic rings. The van der Waals surface area contributed by atoms with Gasteiger partial charge in [0.2, 0.25) is 0 Å². The number of ether oxygens (including phenoxy) is 2. The molecule has 6 atom stereocenters. The van der Waals surface area contributed by atoms with Gasteiger partial charge in [0.25, 0.3) is 0 Å². The van der Waals surface area contributed by atoms with Crippen molar-refractivity contribution in [1.82, 2.24) is 9.55 Å². The Bertz CT molecular complexity index is 744. The average Bonchev–Trinajstić information content (AvgIpc) is 3.16. The molecule has 152 valence electrons. The van der Waals surface area contributed by atoms with Crippen molar-refractivity contribution in [3.8, 4) is 0 Å². The molecule has 0 bridgehead atoms. The fourth-order valence-electron chi connectivity index (χ4n) is 4.38. The first kappa shape index (κ1) is 20.6. The van der Waals surface area contributed by atoms with Gasteiger partial charge in [0.05, 0.1) is 18.6 Å². The van der Waals surface area contributed by atoms with Crippen LogP contribution in [0.25, 0.3) is 0 Å². The first-order valence-corrected chi connectivity index (χ1v) is 9.73. The van der Waals surface area contributed by atoms with E-state index in [1.54, 1.807) is 6.20 Å². The molecule has 1 fully saturated rings. The van der Waals surface area contributed by atoms with Gasteiger partial charge in [-0.2, -0.15) is 0 Å². The van der Waals surface area contributed by atoms with Gasteiger partial charge in [-0.25, -0.2) is 14.3 Å². The molecule has 2 radical (unpaired) electrons. The van der Waals surface area contributed by atoms with Crippen LogP contribution in [0, 0.1) is 30.1 Å². The summed E-state index contributed by atoms with van der Waals surface area (Å²) in [6.07, 6.45) is 10.3. The maximum atomic E-state index is 12.1. The number of imidazole rings is 1. The summed E-state index contributed by atoms with van der Waals surface area (Å²) in [5, 5.41) is 11.4. The smallest absolute Gasteiger partial charge is 0.419 e. The molecule has 2 aliphatic carbocycles. The van der Waals surface area contributed by atoms with E-state index >= 15 is 0 Å². The van der Waals surface area contributed by atoms with Crippen LogP contribution in [-0.4, -0.2) is 45.0 Å². The van der Waals surface area contributed by atoms with Crippen LogP contribution in [0.15, 0.2) is 30.4 Å². The summed E-state index contributed by atoms with van der Waals surface area (Å²) in [5.74, 6) is -0.390. The largest absolute Gasteiger partial charge is 0.457 e. The van der Waals surface area contributed by atoms with Crippen molar-refractivity contribution in [1.29, 1.82) is 0 Å². The van der Waals surface area contributed by atoms with Gasteiger partial charge in [0.1, 0.15) is 12.4 Å². The highest BCUT2D eigenvalue weighted by atomic mass is 16.6. The van der Waals surface area contributed by atoms with E-state index in [0.717, 1.165) is 18.4 Å². The fourth-order valence-corrected chi connectivity index (χ4v) is 4.38. The third kappa shape index (κ3) is 3.99. The molecule has 7 nitrogen and oxygen atoms in total. The maximum absolute atomic E-state index is 12.1. The van der Waals surface area contributed by atoms with Crippen LogP contribution in [0.3, 0.4) is 0 Å². The van der Waals surface area contributed by atoms with Crippen LogP contribution in [0.5, 0.6) is 0 Å². The van der Waals surface area contributed by atoms with Gasteiger partial charge >= 0.3 is 12.1 Å². The average molecular weight is 388 g/mol. The van der Waals surface area contributed by atoms with E-state index in [1.165, 1.54) is 24.0 Å². The third-order valence-corrected chi connectivity index (χ3v) is 6.07. The van der Waals surface area contributed by atoms with Gasteiger partial charge in [-0.3, -0.25) is 4.79 Å². The van der Waals surface area contributed by atoms with Crippen molar-refractivity contribution in [2.45, 2.75) is 52.2 Å². The molecule has 0 amide bonds. The Morgan fingerprint density at radius 2 is 2.21 bits per heavy atom. The third-order valence-electron chi connectivity index (χ3n) is 6.07. The Morgan fingerprint density at radius 3 is 2.86 bits per heavy atom. The zero-order chi connectivity index (χ0) is 20.5. The number of carbonyl (C=O) groups excluding carboxylic acids is 2. The number of fused-ring (bicyclic) bond motifs is 1. The topological polar surface area (TPSA) is 90.7 Å². The maximum Gasteiger partial charge on any atom is 0.419 e. The molecule has 1 saturated carbocycles. The molecule has 7 heteroatoms. The van der Waals surface area contributed by atoms with Gasteiger partial charge in [0.15, 0.2) is 0 Å². The van der Waals surface area contributed by atoms with E-state index in [4.69, 9.17) is 9.47 Å². The van der Waals surface area contributed by atoms with Gasteiger partial charge in [0, 0.05) is 25.2 Å². The van der Waals surface area contributed by atoms with Gasteiger partial charge in [-0.05, 0) is 43.1 Å². The lowest BCUT2D eigenvalue weighted by Crippen LogP contribution is -2.56. The minimum Gasteiger partial charge on any atom is -0.457 e. The molecule has 2 aliphatic rings. The highest BCUT2D eigenvalue weighted by Crippen LogP contribution is 2.50. The number of hydrogen-bond donors (Lipinski definition) is 1. The molecular weight excluding hydrogens is 360 g/mol. The highest BCUT2D eigenvalue weighted by molar-refractivity contribution is 5.70. The number of hydrogen-bond acceptors (Lipinski definition) is 6. The number of aliphatic hydroxyl groups is 1. The lowest BCUT2D eigenvalue weighted by atomic mass is 9.57. The Hall–Kier alpha value is -2.15. The lowest BCUT2D eigenvalue weighted by Gasteiger charge is -2.52. The van der Waals surface area contributed by atoms with Crippen molar-refractivity contribution >= 4 is 12.1 Å². The predicted molar refractivity (Wildman–Crippen MR) is 101 cm³/mol. The molecule has 0 aliphatic heterocycles. The molecule has 3 rings (SSSR count). The van der Waals surface area contributed by atoms with Crippen molar-refractivity contribution in [3.05, 3.63) is 36.8 Å². The molecule has 0 unspecified atom stereocenters. The second-order valence-electron chi connectivity index (χ2n) is 8.06. The molecule has 1 aromatic heterocycles. The Labute approximate surface area is 165 Å². The Kier molecular flexibility index (Phi) is 5.93. The SMILES string of the molecule is CC(=O)O[C@@H]1[C][C@@]2(O)[C@H](C)CC[C@@H]([C@H](C)COC(=O)n3ccnc3)[C@H]2C=C1C. The van der Waals surface area contributed by atoms with E-state index in [0.29, 0.717) is 0 Å². The lowest BCUT2D eigenvalue weighted by molar-refractivity contribution is -0.148. The highest BCUT2D eigenvalue weighted by Gasteiger charge is 2.53. The molecule has 1 N–H and O–H groups in total. The van der Waals surface area contributed by atoms with Gasteiger partial charge < -0.3 is 14.6 Å². The number of rotatable bonds is 4. The summed E-state index contributed by atoms with van der Waals surface area (Å²) >= 11 is 0. The second kappa shape index (κ2) is 8.07. The Morgan fingerprint density at radius 1 is 1.46 bits per heavy atom. The normalized spacial score (nSPS) is 33.4. The summed E-state index contributed by atoms with van der Waals surface area (Å²) in [7, 11) is 0. The van der Waals surface area contributed by atoms with E-state index in [2.05, 4.69) is 11.4 Å². The molecular formula is C21H28N2O5. The quantitative estimate of drug-likeness (QED) is 0.630. The van der Waals surface area contributed by atoms with Gasteiger partial charge in [-0.1, -0.05) is 19.9 Å². The van der Waals surface area contributed by atoms with E-state index in [9.17, 15) is 14.7 Å². The first-order chi connectivity index (χ1) is 13.2. The fraction of sp³-hybridized carbons (Fsp3) is 0.619. The molecule has 0 saturated heterocycles. The first-order valence-electron chi connectivity index (χ1n) is 9.73. The van der Waals surface area contributed by atoms with Crippen molar-refractivity contribution in [2.75, 3.05) is 6.61 Å². The second-order valence-corrected chi connectivity index (χ2v) is 8.06. The van der Waals surface area contributed by atoms with Crippen LogP contribution in [-0.2, 0) is 14.3 Å². The van der Waals surface area contributed by atoms with E-state index < -0.39 is 23.8 Å². The van der Waals surface area contributed by atoms with Crippen LogP contribution in [0.1, 0.15) is 40.5 Å². The van der Waals surface area contributed by atoms with Gasteiger partial charge in [-0.15, -0.1) is 0 Å². The molecule has 0 spiro atoms. The summed E-state index contributed by atoms with van der Waals surface area (Å²) in [6, 6.07) is 0. The van der Waals surface area contributed by atoms with Crippen LogP contribution in [0.4, 0.5) is 4.79 Å². The summed E-state index contributed by atoms with van der Waals surface area (Å²) in [6.45, 7) is 7.53. The van der Waals surface area contributed by atoms with E-state index in [-0.39, 0.29) is 30.3 Å². The molecule has 28 heavy (non-hydrogen) atoms. The Balaban J connectivity index is 1.74. The summed E-state index contributed by atoms with van der Waals surface area (Å²) in [5.41, 5.74) is -0.308. The van der Waals surface area contributed by atoms with Crippen LogP contribution < -0.4 is 0 Å². The zero-order valence-electron chi connectivity index (χ0n) is 16.8. The summed E-state index contributed by atoms with van der Waals surface area (Å²) in [4.78, 5) is 27.3. The summed E-state index contributed by atoms with van der Waals surface area (Å²) < 4.78 is 12.1. The number of nitrogens with zero attached hydrogens (tertiary/aromatic N) is 2. The monoisotopic (exact) mass is 388 g/mol. The van der Waals surface area contributed by atoms with Crippen molar-refractivity contribution < 1.29 is 24.2 Å². The number of aromatic nitrogens is 2. The molecule has 1 heterocycles. The number of carbonyl (C=O) groups is 2. The predicted octanol–water partition coefficient (Wildman–Crippen LogP) is 2.87. The van der Waals surface area contributed by atoms with Crippen LogP contribution in [0.2, 0.25) is 0 Å². The van der Waals surface area contributed by atoms with Crippen molar-refractivity contribution in [3.63, 3.8) is 0 Å². The van der Waals surface area contributed by atoms with E-state index in [1.807, 2.05) is 26.8 Å². The minimum atomic E-state index is -1.18. The zero-order valence-corrected chi connectivity index (χ0v) is 16.8. The van der Waals surface area contributed by atoms with Crippen molar-refractivity contribution in [2.24, 2.45) is 23.7 Å². The molecule has 0 aromatic carbocycles. The van der Waals surface area contributed by atoms with Crippen LogP contribution >= 0.6 is 0 Å². The standard InChI is InChI=1S/C21H28N2O5/c1-13-9-18-17(14(2)11-27-20(25)23-8-7-22-12-23)6-5-15(3)21(18,26)10-19(13)28-16(4)24/h7-9,12,14-15,17-19,26H,5-6,11H2,1-4H3/t14-,15-,17+,18-,19-,21-/m1/s1.